The molecule has 1 aromatic carbocycles. The summed E-state index contributed by atoms with van der Waals surface area (Å²) in [6.07, 6.45) is -4.60. The Kier molecular flexibility index (Phi) is 3.75. The molecule has 2 amide bonds. The van der Waals surface area contributed by atoms with E-state index in [1.807, 2.05) is 0 Å². The van der Waals surface area contributed by atoms with Gasteiger partial charge in [-0.1, -0.05) is 18.2 Å². The molecule has 0 bridgehead atoms. The lowest BCUT2D eigenvalue weighted by atomic mass is 10.2. The average Bonchev–Trinajstić information content (AvgIpc) is 3.01. The molecule has 2 heterocycles. The van der Waals surface area contributed by atoms with Crippen LogP contribution in [0, 0.1) is 0 Å². The Morgan fingerprint density at radius 2 is 2.09 bits per heavy atom. The molecule has 1 fully saturated rings. The van der Waals surface area contributed by atoms with Crippen molar-refractivity contribution in [3.05, 3.63) is 36.1 Å². The predicted molar refractivity (Wildman–Crippen MR) is 74.7 cm³/mol. The first-order valence-electron chi connectivity index (χ1n) is 6.96. The average molecular weight is 326 g/mol. The maximum absolute atomic E-state index is 12.4. The maximum Gasteiger partial charge on any atom is 0.406 e. The van der Waals surface area contributed by atoms with E-state index in [1.54, 1.807) is 30.3 Å². The van der Waals surface area contributed by atoms with Gasteiger partial charge < -0.3 is 14.6 Å². The number of hydrogen-bond acceptors (Lipinski definition) is 3. The molecule has 1 saturated heterocycles. The van der Waals surface area contributed by atoms with Crippen LogP contribution >= 0.6 is 0 Å². The molecule has 0 saturated carbocycles. The molecule has 0 aliphatic carbocycles. The molecule has 0 unspecified atom stereocenters. The van der Waals surface area contributed by atoms with Crippen LogP contribution in [0.5, 0.6) is 0 Å². The molecule has 1 aromatic heterocycles. The molecule has 0 spiro atoms. The highest BCUT2D eigenvalue weighted by molar-refractivity contribution is 5.96. The Morgan fingerprint density at radius 3 is 2.78 bits per heavy atom. The minimum Gasteiger partial charge on any atom is -0.451 e. The molecule has 1 aliphatic rings. The Hall–Kier alpha value is -2.51. The summed E-state index contributed by atoms with van der Waals surface area (Å²) >= 11 is 0. The van der Waals surface area contributed by atoms with Crippen molar-refractivity contribution in [3.63, 3.8) is 0 Å². The van der Waals surface area contributed by atoms with Gasteiger partial charge in [-0.3, -0.25) is 9.59 Å². The van der Waals surface area contributed by atoms with Crippen molar-refractivity contribution >= 4 is 22.8 Å². The number of fused-ring (bicyclic) bond motifs is 1. The molecule has 0 radical (unpaired) electrons. The standard InChI is InChI=1S/C15H13F3N2O3/c16-15(17,18)8-20-7-10(6-13(20)21)19-14(22)12-5-9-3-1-2-4-11(9)23-12/h1-5,10H,6-8H2,(H,19,22)/t10-/m0/s1. The van der Waals surface area contributed by atoms with Crippen molar-refractivity contribution in [1.29, 1.82) is 0 Å². The monoisotopic (exact) mass is 326 g/mol. The third-order valence-corrected chi connectivity index (χ3v) is 3.57. The first-order chi connectivity index (χ1) is 10.8. The second-order valence-corrected chi connectivity index (χ2v) is 5.41. The molecule has 122 valence electrons. The first-order valence-corrected chi connectivity index (χ1v) is 6.96. The van der Waals surface area contributed by atoms with E-state index in [4.69, 9.17) is 4.42 Å². The summed E-state index contributed by atoms with van der Waals surface area (Å²) in [4.78, 5) is 24.4. The zero-order valence-electron chi connectivity index (χ0n) is 11.9. The second kappa shape index (κ2) is 5.60. The molecule has 1 atom stereocenters. The molecular formula is C15H13F3N2O3. The summed E-state index contributed by atoms with van der Waals surface area (Å²) in [5.41, 5.74) is 0.541. The van der Waals surface area contributed by atoms with Gasteiger partial charge >= 0.3 is 6.18 Å². The van der Waals surface area contributed by atoms with Gasteiger partial charge in [0.1, 0.15) is 12.1 Å². The van der Waals surface area contributed by atoms with Gasteiger partial charge in [0, 0.05) is 18.4 Å². The summed E-state index contributed by atoms with van der Waals surface area (Å²) in [6, 6.07) is 7.93. The van der Waals surface area contributed by atoms with Crippen molar-refractivity contribution < 1.29 is 27.2 Å². The number of nitrogens with zero attached hydrogens (tertiary/aromatic N) is 1. The van der Waals surface area contributed by atoms with E-state index >= 15 is 0 Å². The third kappa shape index (κ3) is 3.46. The van der Waals surface area contributed by atoms with Crippen LogP contribution in [0.15, 0.2) is 34.7 Å². The van der Waals surface area contributed by atoms with Crippen molar-refractivity contribution in [2.45, 2.75) is 18.6 Å². The number of carbonyl (C=O) groups excluding carboxylic acids is 2. The molecule has 1 N–H and O–H groups in total. The fraction of sp³-hybridized carbons (Fsp3) is 0.333. The Labute approximate surface area is 129 Å². The van der Waals surface area contributed by atoms with Crippen LogP contribution in [-0.4, -0.2) is 42.0 Å². The molecule has 23 heavy (non-hydrogen) atoms. The van der Waals surface area contributed by atoms with Crippen LogP contribution in [0.1, 0.15) is 17.0 Å². The van der Waals surface area contributed by atoms with Gasteiger partial charge in [-0.25, -0.2) is 0 Å². The van der Waals surface area contributed by atoms with Gasteiger partial charge in [0.05, 0.1) is 6.04 Å². The number of benzene rings is 1. The van der Waals surface area contributed by atoms with Gasteiger partial charge in [0.15, 0.2) is 5.76 Å². The number of amides is 2. The van der Waals surface area contributed by atoms with Crippen LogP contribution in [0.2, 0.25) is 0 Å². The largest absolute Gasteiger partial charge is 0.451 e. The number of nitrogens with one attached hydrogen (secondary N) is 1. The van der Waals surface area contributed by atoms with E-state index in [1.165, 1.54) is 0 Å². The summed E-state index contributed by atoms with van der Waals surface area (Å²) in [7, 11) is 0. The highest BCUT2D eigenvalue weighted by Gasteiger charge is 2.38. The quantitative estimate of drug-likeness (QED) is 0.941. The van der Waals surface area contributed by atoms with E-state index in [9.17, 15) is 22.8 Å². The lowest BCUT2D eigenvalue weighted by Crippen LogP contribution is -2.39. The SMILES string of the molecule is O=C(N[C@H]1CC(=O)N(CC(F)(F)F)C1)c1cc2ccccc2o1. The van der Waals surface area contributed by atoms with Crippen molar-refractivity contribution in [2.24, 2.45) is 0 Å². The highest BCUT2D eigenvalue weighted by Crippen LogP contribution is 2.22. The summed E-state index contributed by atoms with van der Waals surface area (Å²) in [5.74, 6) is -1.11. The van der Waals surface area contributed by atoms with E-state index in [-0.39, 0.29) is 18.7 Å². The Morgan fingerprint density at radius 1 is 1.35 bits per heavy atom. The number of alkyl halides is 3. The van der Waals surface area contributed by atoms with Crippen molar-refractivity contribution in [2.75, 3.05) is 13.1 Å². The maximum atomic E-state index is 12.4. The summed E-state index contributed by atoms with van der Waals surface area (Å²) in [5, 5.41) is 3.29. The number of carbonyl (C=O) groups is 2. The summed E-state index contributed by atoms with van der Waals surface area (Å²) in [6.45, 7) is -1.47. The lowest BCUT2D eigenvalue weighted by molar-refractivity contribution is -0.157. The minimum absolute atomic E-state index is 0.0629. The fourth-order valence-electron chi connectivity index (χ4n) is 2.59. The molecule has 1 aliphatic heterocycles. The van der Waals surface area contributed by atoms with Crippen LogP contribution in [-0.2, 0) is 4.79 Å². The third-order valence-electron chi connectivity index (χ3n) is 3.57. The predicted octanol–water partition coefficient (Wildman–Crippen LogP) is 2.33. The number of furan rings is 1. The van der Waals surface area contributed by atoms with Gasteiger partial charge in [0.25, 0.3) is 5.91 Å². The molecule has 3 rings (SSSR count). The molecular weight excluding hydrogens is 313 g/mol. The highest BCUT2D eigenvalue weighted by atomic mass is 19.4. The zero-order chi connectivity index (χ0) is 16.6. The topological polar surface area (TPSA) is 62.6 Å². The summed E-state index contributed by atoms with van der Waals surface area (Å²) < 4.78 is 42.5. The van der Waals surface area contributed by atoms with Crippen LogP contribution in [0.25, 0.3) is 11.0 Å². The van der Waals surface area contributed by atoms with E-state index in [0.29, 0.717) is 10.5 Å². The molecule has 8 heteroatoms. The van der Waals surface area contributed by atoms with Crippen LogP contribution < -0.4 is 5.32 Å². The normalized spacial score (nSPS) is 18.7. The number of halogens is 3. The smallest absolute Gasteiger partial charge is 0.406 e. The van der Waals surface area contributed by atoms with Gasteiger partial charge in [-0.15, -0.1) is 0 Å². The second-order valence-electron chi connectivity index (χ2n) is 5.41. The van der Waals surface area contributed by atoms with Crippen LogP contribution in [0.3, 0.4) is 0 Å². The van der Waals surface area contributed by atoms with E-state index in [2.05, 4.69) is 5.32 Å². The van der Waals surface area contributed by atoms with Crippen LogP contribution in [0.4, 0.5) is 13.2 Å². The Bertz CT molecular complexity index is 721. The number of likely N-dealkylation sites (tertiary alicyclic amines) is 1. The fourth-order valence-corrected chi connectivity index (χ4v) is 2.59. The number of para-hydroxylation sites is 1. The van der Waals surface area contributed by atoms with Gasteiger partial charge in [0.2, 0.25) is 5.91 Å². The van der Waals surface area contributed by atoms with Gasteiger partial charge in [-0.05, 0) is 12.1 Å². The van der Waals surface area contributed by atoms with Crippen molar-refractivity contribution in [1.82, 2.24) is 10.2 Å². The van der Waals surface area contributed by atoms with Gasteiger partial charge in [-0.2, -0.15) is 13.2 Å². The Balaban J connectivity index is 1.65. The lowest BCUT2D eigenvalue weighted by Gasteiger charge is -2.18. The minimum atomic E-state index is -4.45. The molecule has 2 aromatic rings. The number of hydrogen-bond donors (Lipinski definition) is 1. The van der Waals surface area contributed by atoms with Crippen molar-refractivity contribution in [3.8, 4) is 0 Å². The van der Waals surface area contributed by atoms with E-state index in [0.717, 1.165) is 5.39 Å². The molecule has 5 nitrogen and oxygen atoms in total. The number of rotatable bonds is 3. The zero-order valence-corrected chi connectivity index (χ0v) is 11.9. The first kappa shape index (κ1) is 15.4. The van der Waals surface area contributed by atoms with E-state index < -0.39 is 30.6 Å².